The summed E-state index contributed by atoms with van der Waals surface area (Å²) in [6, 6.07) is 21.5. The quantitative estimate of drug-likeness (QED) is 0.397. The van der Waals surface area contributed by atoms with Crippen molar-refractivity contribution in [3.8, 4) is 16.9 Å². The molecule has 4 aliphatic rings. The number of carbonyl (C=O) groups is 2. The van der Waals surface area contributed by atoms with Gasteiger partial charge in [-0.05, 0) is 74.8 Å². The molecule has 4 saturated carbocycles. The van der Waals surface area contributed by atoms with Gasteiger partial charge < -0.3 is 15.5 Å². The van der Waals surface area contributed by atoms with Crippen LogP contribution in [-0.4, -0.2) is 45.2 Å². The number of rotatable bonds is 8. The van der Waals surface area contributed by atoms with E-state index in [9.17, 15) is 9.59 Å². The Hall–Kier alpha value is -3.61. The molecule has 0 radical (unpaired) electrons. The summed E-state index contributed by atoms with van der Waals surface area (Å²) >= 11 is 0. The van der Waals surface area contributed by atoms with Crippen molar-refractivity contribution in [1.82, 2.24) is 20.0 Å². The zero-order chi connectivity index (χ0) is 26.1. The summed E-state index contributed by atoms with van der Waals surface area (Å²) in [4.78, 5) is 28.5. The molecule has 1 heterocycles. The second-order valence-corrected chi connectivity index (χ2v) is 11.6. The first-order chi connectivity index (χ1) is 18.5. The van der Waals surface area contributed by atoms with Gasteiger partial charge in [-0.15, -0.1) is 0 Å². The predicted octanol–water partition coefficient (Wildman–Crippen LogP) is 5.87. The number of urea groups is 1. The zero-order valence-electron chi connectivity index (χ0n) is 22.1. The molecule has 198 valence electrons. The highest BCUT2D eigenvalue weighted by atomic mass is 16.2. The molecule has 1 aromatic heterocycles. The molecule has 4 aliphatic carbocycles. The van der Waals surface area contributed by atoms with Crippen LogP contribution >= 0.6 is 0 Å². The van der Waals surface area contributed by atoms with Crippen molar-refractivity contribution in [3.05, 3.63) is 66.7 Å². The van der Waals surface area contributed by atoms with Gasteiger partial charge in [-0.1, -0.05) is 55.5 Å². The summed E-state index contributed by atoms with van der Waals surface area (Å²) in [5.74, 6) is 2.61. The van der Waals surface area contributed by atoms with Gasteiger partial charge in [0.25, 0.3) is 0 Å². The second kappa shape index (κ2) is 10.3. The SMILES string of the molecule is CCCN(CC(=O)Nc1cc(-c2ccccc2)nn1-c1ccccc1)C(=O)NC12CC3CC(CC(C3)C1)C2. The maximum Gasteiger partial charge on any atom is 0.318 e. The van der Waals surface area contributed by atoms with Gasteiger partial charge in [0.05, 0.1) is 11.4 Å². The second-order valence-electron chi connectivity index (χ2n) is 11.6. The molecule has 3 amide bonds. The third kappa shape index (κ3) is 5.06. The molecule has 2 aromatic carbocycles. The van der Waals surface area contributed by atoms with Gasteiger partial charge in [-0.25, -0.2) is 9.48 Å². The molecule has 0 saturated heterocycles. The van der Waals surface area contributed by atoms with Crippen molar-refractivity contribution >= 4 is 17.8 Å². The first-order valence-corrected chi connectivity index (χ1v) is 14.1. The highest BCUT2D eigenvalue weighted by Gasteiger charge is 2.51. The molecule has 7 rings (SSSR count). The Balaban J connectivity index is 1.18. The van der Waals surface area contributed by atoms with Crippen LogP contribution in [0.5, 0.6) is 0 Å². The van der Waals surface area contributed by atoms with Gasteiger partial charge in [0.2, 0.25) is 5.91 Å². The molecule has 0 atom stereocenters. The maximum absolute atomic E-state index is 13.5. The van der Waals surface area contributed by atoms with Crippen molar-refractivity contribution in [2.45, 2.75) is 57.4 Å². The summed E-state index contributed by atoms with van der Waals surface area (Å²) in [6.07, 6.45) is 8.06. The fraction of sp³-hybridized carbons (Fsp3) is 0.452. The summed E-state index contributed by atoms with van der Waals surface area (Å²) in [5.41, 5.74) is 2.52. The molecule has 4 bridgehead atoms. The minimum atomic E-state index is -0.226. The van der Waals surface area contributed by atoms with Crippen LogP contribution in [0, 0.1) is 17.8 Å². The lowest BCUT2D eigenvalue weighted by Gasteiger charge is -2.57. The maximum atomic E-state index is 13.5. The summed E-state index contributed by atoms with van der Waals surface area (Å²) in [7, 11) is 0. The van der Waals surface area contributed by atoms with Crippen molar-refractivity contribution in [3.63, 3.8) is 0 Å². The van der Waals surface area contributed by atoms with Crippen molar-refractivity contribution in [2.75, 3.05) is 18.4 Å². The van der Waals surface area contributed by atoms with Crippen LogP contribution < -0.4 is 10.6 Å². The molecular formula is C31H37N5O2. The van der Waals surface area contributed by atoms with Gasteiger partial charge in [-0.3, -0.25) is 4.79 Å². The third-order valence-electron chi connectivity index (χ3n) is 8.57. The first kappa shape index (κ1) is 24.7. The molecule has 0 spiro atoms. The number of carbonyl (C=O) groups excluding carboxylic acids is 2. The fourth-order valence-electron chi connectivity index (χ4n) is 7.43. The van der Waals surface area contributed by atoms with Crippen LogP contribution in [0.4, 0.5) is 10.6 Å². The molecule has 7 nitrogen and oxygen atoms in total. The van der Waals surface area contributed by atoms with Crippen LogP contribution in [0.3, 0.4) is 0 Å². The topological polar surface area (TPSA) is 79.3 Å². The standard InChI is InChI=1S/C31H37N5O2/c1-2-13-35(30(38)33-31-18-22-14-23(19-31)16-24(15-22)20-31)21-29(37)32-28-17-27(25-9-5-3-6-10-25)34-36(28)26-11-7-4-8-12-26/h3-12,17,22-24H,2,13-16,18-21H2,1H3,(H,32,37)(H,33,38). The number of amides is 3. The smallest absolute Gasteiger partial charge is 0.318 e. The molecule has 2 N–H and O–H groups in total. The molecular weight excluding hydrogens is 474 g/mol. The number of aromatic nitrogens is 2. The lowest BCUT2D eigenvalue weighted by Crippen LogP contribution is -2.62. The number of anilines is 1. The number of nitrogens with one attached hydrogen (secondary N) is 2. The lowest BCUT2D eigenvalue weighted by atomic mass is 9.53. The van der Waals surface area contributed by atoms with Gasteiger partial charge >= 0.3 is 6.03 Å². The van der Waals surface area contributed by atoms with Crippen molar-refractivity contribution < 1.29 is 9.59 Å². The van der Waals surface area contributed by atoms with Crippen molar-refractivity contribution in [2.24, 2.45) is 17.8 Å². The van der Waals surface area contributed by atoms with E-state index in [4.69, 9.17) is 5.10 Å². The Kier molecular flexibility index (Phi) is 6.68. The largest absolute Gasteiger partial charge is 0.333 e. The van der Waals surface area contributed by atoms with E-state index < -0.39 is 0 Å². The van der Waals surface area contributed by atoms with Crippen LogP contribution in [0.15, 0.2) is 66.7 Å². The first-order valence-electron chi connectivity index (χ1n) is 14.1. The van der Waals surface area contributed by atoms with E-state index in [1.54, 1.807) is 9.58 Å². The highest BCUT2D eigenvalue weighted by Crippen LogP contribution is 2.55. The predicted molar refractivity (Wildman–Crippen MR) is 149 cm³/mol. The molecule has 38 heavy (non-hydrogen) atoms. The van der Waals surface area contributed by atoms with Crippen LogP contribution in [-0.2, 0) is 4.79 Å². The zero-order valence-corrected chi connectivity index (χ0v) is 22.1. The third-order valence-corrected chi connectivity index (χ3v) is 8.57. The minimum absolute atomic E-state index is 0.00663. The summed E-state index contributed by atoms with van der Waals surface area (Å²) in [6.45, 7) is 2.59. The Bertz CT molecular complexity index is 1250. The van der Waals surface area contributed by atoms with E-state index in [-0.39, 0.29) is 24.0 Å². The molecule has 0 aliphatic heterocycles. The number of hydrogen-bond acceptors (Lipinski definition) is 3. The monoisotopic (exact) mass is 511 g/mol. The fourth-order valence-corrected chi connectivity index (χ4v) is 7.43. The van der Waals surface area contributed by atoms with Gasteiger partial charge in [-0.2, -0.15) is 5.10 Å². The Morgan fingerprint density at radius 3 is 2.16 bits per heavy atom. The lowest BCUT2D eigenvalue weighted by molar-refractivity contribution is -0.116. The van der Waals surface area contributed by atoms with E-state index in [0.29, 0.717) is 12.4 Å². The molecule has 3 aromatic rings. The van der Waals surface area contributed by atoms with Gasteiger partial charge in [0.1, 0.15) is 12.4 Å². The van der Waals surface area contributed by atoms with Gasteiger partial charge in [0, 0.05) is 23.7 Å². The average molecular weight is 512 g/mol. The molecule has 4 fully saturated rings. The van der Waals surface area contributed by atoms with E-state index >= 15 is 0 Å². The normalized spacial score (nSPS) is 25.2. The summed E-state index contributed by atoms with van der Waals surface area (Å²) < 4.78 is 1.75. The Morgan fingerprint density at radius 2 is 1.55 bits per heavy atom. The van der Waals surface area contributed by atoms with Crippen LogP contribution in [0.1, 0.15) is 51.9 Å². The van der Waals surface area contributed by atoms with Crippen LogP contribution in [0.2, 0.25) is 0 Å². The van der Waals surface area contributed by atoms with Crippen LogP contribution in [0.25, 0.3) is 16.9 Å². The van der Waals surface area contributed by atoms with E-state index in [1.807, 2.05) is 73.7 Å². The van der Waals surface area contributed by atoms with E-state index in [2.05, 4.69) is 10.6 Å². The Morgan fingerprint density at radius 1 is 0.947 bits per heavy atom. The Labute approximate surface area is 224 Å². The number of nitrogens with zero attached hydrogens (tertiary/aromatic N) is 3. The minimum Gasteiger partial charge on any atom is -0.333 e. The summed E-state index contributed by atoms with van der Waals surface area (Å²) in [5, 5.41) is 11.3. The number of para-hydroxylation sites is 1. The highest BCUT2D eigenvalue weighted by molar-refractivity contribution is 5.94. The van der Waals surface area contributed by atoms with Gasteiger partial charge in [0.15, 0.2) is 0 Å². The number of hydrogen-bond donors (Lipinski definition) is 2. The average Bonchev–Trinajstić information content (AvgIpc) is 3.32. The van der Waals surface area contributed by atoms with E-state index in [1.165, 1.54) is 19.3 Å². The molecule has 7 heteroatoms. The van der Waals surface area contributed by atoms with Crippen molar-refractivity contribution in [1.29, 1.82) is 0 Å². The van der Waals surface area contributed by atoms with E-state index in [0.717, 1.165) is 60.4 Å². The number of benzene rings is 2. The molecule has 0 unspecified atom stereocenters.